The van der Waals surface area contributed by atoms with Gasteiger partial charge in [-0.25, -0.2) is 4.39 Å². The maximum Gasteiger partial charge on any atom is 0.225 e. The minimum absolute atomic E-state index is 0.0403. The van der Waals surface area contributed by atoms with Gasteiger partial charge in [-0.15, -0.1) is 0 Å². The third-order valence-corrected chi connectivity index (χ3v) is 4.46. The third kappa shape index (κ3) is 6.32. The Labute approximate surface area is 156 Å². The predicted octanol–water partition coefficient (Wildman–Crippen LogP) is 2.57. The molecule has 5 nitrogen and oxygen atoms in total. The summed E-state index contributed by atoms with van der Waals surface area (Å²) in [7, 11) is 0. The number of rotatable bonds is 7. The van der Waals surface area contributed by atoms with Crippen LogP contribution in [0.4, 0.5) is 4.39 Å². The van der Waals surface area contributed by atoms with Gasteiger partial charge in [0.15, 0.2) is 5.96 Å². The molecular formula is C20H31FN4O. The summed E-state index contributed by atoms with van der Waals surface area (Å²) in [6.45, 7) is 8.90. The molecule has 1 aromatic rings. The molecule has 2 N–H and O–H groups in total. The zero-order valence-electron chi connectivity index (χ0n) is 16.1. The van der Waals surface area contributed by atoms with Crippen LogP contribution in [-0.4, -0.2) is 49.0 Å². The largest absolute Gasteiger partial charge is 0.357 e. The molecule has 0 radical (unpaired) electrons. The quantitative estimate of drug-likeness (QED) is 0.445. The predicted molar refractivity (Wildman–Crippen MR) is 104 cm³/mol. The van der Waals surface area contributed by atoms with E-state index in [2.05, 4.69) is 15.6 Å². The number of aryl methyl sites for hydroxylation is 1. The summed E-state index contributed by atoms with van der Waals surface area (Å²) < 4.78 is 13.2. The Balaban J connectivity index is 1.80. The SMILES string of the molecule is CCNC(=NCCCc1cccc(F)c1)NC1CCN(C(=O)C(C)C)C1. The van der Waals surface area contributed by atoms with Crippen molar-refractivity contribution in [2.45, 2.75) is 46.1 Å². The maximum absolute atomic E-state index is 13.2. The number of hydrogen-bond acceptors (Lipinski definition) is 2. The van der Waals surface area contributed by atoms with E-state index in [0.717, 1.165) is 50.4 Å². The van der Waals surface area contributed by atoms with E-state index in [4.69, 9.17) is 0 Å². The molecule has 1 unspecified atom stereocenters. The van der Waals surface area contributed by atoms with Crippen LogP contribution in [0, 0.1) is 11.7 Å². The van der Waals surface area contributed by atoms with Crippen LogP contribution in [0.1, 0.15) is 39.2 Å². The van der Waals surface area contributed by atoms with Gasteiger partial charge in [0.1, 0.15) is 5.82 Å². The van der Waals surface area contributed by atoms with Gasteiger partial charge < -0.3 is 15.5 Å². The summed E-state index contributed by atoms with van der Waals surface area (Å²) in [5.74, 6) is 0.850. The van der Waals surface area contributed by atoms with Gasteiger partial charge in [0.25, 0.3) is 0 Å². The molecule has 1 saturated heterocycles. The van der Waals surface area contributed by atoms with E-state index in [-0.39, 0.29) is 23.7 Å². The zero-order chi connectivity index (χ0) is 18.9. The number of benzene rings is 1. The molecule has 6 heteroatoms. The standard InChI is InChI=1S/C20H31FN4O/c1-4-22-20(23-11-6-8-16-7-5-9-17(21)13-16)24-18-10-12-25(14-18)19(26)15(2)3/h5,7,9,13,15,18H,4,6,8,10-12,14H2,1-3H3,(H2,22,23,24). The molecule has 1 heterocycles. The Morgan fingerprint density at radius 2 is 2.23 bits per heavy atom. The number of carbonyl (C=O) groups is 1. The average molecular weight is 362 g/mol. The van der Waals surface area contributed by atoms with Gasteiger partial charge >= 0.3 is 0 Å². The van der Waals surface area contributed by atoms with E-state index >= 15 is 0 Å². The molecule has 26 heavy (non-hydrogen) atoms. The number of amides is 1. The van der Waals surface area contributed by atoms with Crippen molar-refractivity contribution in [3.8, 4) is 0 Å². The van der Waals surface area contributed by atoms with Crippen LogP contribution in [0.5, 0.6) is 0 Å². The molecule has 0 aliphatic carbocycles. The molecule has 1 amide bonds. The molecule has 1 atom stereocenters. The fourth-order valence-electron chi connectivity index (χ4n) is 3.12. The van der Waals surface area contributed by atoms with Gasteiger partial charge in [0.2, 0.25) is 5.91 Å². The summed E-state index contributed by atoms with van der Waals surface area (Å²) in [4.78, 5) is 18.6. The highest BCUT2D eigenvalue weighted by molar-refractivity contribution is 5.81. The first kappa shape index (κ1) is 20.2. The van der Waals surface area contributed by atoms with Crippen molar-refractivity contribution in [1.82, 2.24) is 15.5 Å². The van der Waals surface area contributed by atoms with Crippen molar-refractivity contribution in [3.63, 3.8) is 0 Å². The highest BCUT2D eigenvalue weighted by Crippen LogP contribution is 2.12. The first-order chi connectivity index (χ1) is 12.5. The van der Waals surface area contributed by atoms with Crippen molar-refractivity contribution in [3.05, 3.63) is 35.6 Å². The summed E-state index contributed by atoms with van der Waals surface area (Å²) in [6.07, 6.45) is 2.61. The zero-order valence-corrected chi connectivity index (χ0v) is 16.1. The molecule has 1 fully saturated rings. The lowest BCUT2D eigenvalue weighted by molar-refractivity contribution is -0.133. The number of hydrogen-bond donors (Lipinski definition) is 2. The molecule has 0 bridgehead atoms. The molecule has 1 aromatic carbocycles. The van der Waals surface area contributed by atoms with Crippen molar-refractivity contribution in [1.29, 1.82) is 0 Å². The Bertz CT molecular complexity index is 618. The topological polar surface area (TPSA) is 56.7 Å². The van der Waals surface area contributed by atoms with Gasteiger partial charge in [-0.3, -0.25) is 9.79 Å². The Morgan fingerprint density at radius 1 is 1.42 bits per heavy atom. The minimum atomic E-state index is -0.192. The normalized spacial score (nSPS) is 17.7. The summed E-state index contributed by atoms with van der Waals surface area (Å²) in [6, 6.07) is 6.95. The van der Waals surface area contributed by atoms with Gasteiger partial charge in [-0.05, 0) is 43.9 Å². The number of nitrogens with one attached hydrogen (secondary N) is 2. The van der Waals surface area contributed by atoms with Crippen LogP contribution >= 0.6 is 0 Å². The van der Waals surface area contributed by atoms with E-state index in [9.17, 15) is 9.18 Å². The highest BCUT2D eigenvalue weighted by atomic mass is 19.1. The van der Waals surface area contributed by atoms with Gasteiger partial charge in [0.05, 0.1) is 0 Å². The molecule has 0 aromatic heterocycles. The first-order valence-electron chi connectivity index (χ1n) is 9.57. The number of likely N-dealkylation sites (tertiary alicyclic amines) is 1. The molecule has 144 valence electrons. The summed E-state index contributed by atoms with van der Waals surface area (Å²) in [5.41, 5.74) is 0.997. The van der Waals surface area contributed by atoms with Crippen LogP contribution in [-0.2, 0) is 11.2 Å². The molecule has 1 aliphatic heterocycles. The maximum atomic E-state index is 13.2. The Morgan fingerprint density at radius 3 is 2.92 bits per heavy atom. The van der Waals surface area contributed by atoms with E-state index < -0.39 is 0 Å². The third-order valence-electron chi connectivity index (χ3n) is 4.46. The molecule has 2 rings (SSSR count). The second-order valence-electron chi connectivity index (χ2n) is 7.06. The number of aliphatic imine (C=N–C) groups is 1. The second kappa shape index (κ2) is 10.1. The second-order valence-corrected chi connectivity index (χ2v) is 7.06. The lowest BCUT2D eigenvalue weighted by atomic mass is 10.1. The number of guanidine groups is 1. The van der Waals surface area contributed by atoms with Gasteiger partial charge in [0, 0.05) is 38.1 Å². The van der Waals surface area contributed by atoms with Gasteiger partial charge in [-0.2, -0.15) is 0 Å². The monoisotopic (exact) mass is 362 g/mol. The minimum Gasteiger partial charge on any atom is -0.357 e. The first-order valence-corrected chi connectivity index (χ1v) is 9.57. The lowest BCUT2D eigenvalue weighted by Crippen LogP contribution is -2.45. The van der Waals surface area contributed by atoms with Crippen LogP contribution in [0.15, 0.2) is 29.3 Å². The van der Waals surface area contributed by atoms with Crippen molar-refractivity contribution in [2.75, 3.05) is 26.2 Å². The Kier molecular flexibility index (Phi) is 7.88. The summed E-state index contributed by atoms with van der Waals surface area (Å²) >= 11 is 0. The Hall–Kier alpha value is -2.11. The van der Waals surface area contributed by atoms with Crippen LogP contribution in [0.3, 0.4) is 0 Å². The fourth-order valence-corrected chi connectivity index (χ4v) is 3.12. The van der Waals surface area contributed by atoms with Crippen molar-refractivity contribution < 1.29 is 9.18 Å². The van der Waals surface area contributed by atoms with E-state index in [0.29, 0.717) is 6.54 Å². The molecular weight excluding hydrogens is 331 g/mol. The van der Waals surface area contributed by atoms with Gasteiger partial charge in [-0.1, -0.05) is 26.0 Å². The highest BCUT2D eigenvalue weighted by Gasteiger charge is 2.27. The molecule has 0 spiro atoms. The number of carbonyl (C=O) groups excluding carboxylic acids is 1. The van der Waals surface area contributed by atoms with E-state index in [1.807, 2.05) is 31.7 Å². The molecule has 1 aliphatic rings. The van der Waals surface area contributed by atoms with Crippen molar-refractivity contribution in [2.24, 2.45) is 10.9 Å². The fraction of sp³-hybridized carbons (Fsp3) is 0.600. The van der Waals surface area contributed by atoms with Crippen molar-refractivity contribution >= 4 is 11.9 Å². The average Bonchev–Trinajstić information content (AvgIpc) is 3.06. The summed E-state index contributed by atoms with van der Waals surface area (Å²) in [5, 5.41) is 6.69. The molecule has 0 saturated carbocycles. The van der Waals surface area contributed by atoms with E-state index in [1.54, 1.807) is 12.1 Å². The van der Waals surface area contributed by atoms with E-state index in [1.165, 1.54) is 6.07 Å². The lowest BCUT2D eigenvalue weighted by Gasteiger charge is -2.20. The number of nitrogens with zero attached hydrogens (tertiary/aromatic N) is 2. The number of halogens is 1. The van der Waals surface area contributed by atoms with Crippen LogP contribution < -0.4 is 10.6 Å². The van der Waals surface area contributed by atoms with Crippen LogP contribution in [0.2, 0.25) is 0 Å². The smallest absolute Gasteiger partial charge is 0.225 e. The van der Waals surface area contributed by atoms with Crippen LogP contribution in [0.25, 0.3) is 0 Å².